The first-order valence-electron chi connectivity index (χ1n) is 7.52. The Morgan fingerprint density at radius 1 is 1.24 bits per heavy atom. The molecule has 0 radical (unpaired) electrons. The standard InChI is InChI=1S/C15H27N5O/c1-6-12(7-2)14(21)16-8-9-17-15-18-11(3)10-13(19-15)20(4)5/h10,12H,6-9H2,1-5H3,(H,16,21)(H,17,18,19). The molecule has 1 aromatic rings. The zero-order valence-electron chi connectivity index (χ0n) is 13.7. The average molecular weight is 293 g/mol. The summed E-state index contributed by atoms with van der Waals surface area (Å²) < 4.78 is 0. The molecule has 0 spiro atoms. The summed E-state index contributed by atoms with van der Waals surface area (Å²) in [6.45, 7) is 7.20. The number of hydrogen-bond donors (Lipinski definition) is 2. The van der Waals surface area contributed by atoms with Crippen LogP contribution in [0.2, 0.25) is 0 Å². The lowest BCUT2D eigenvalue weighted by molar-refractivity contribution is -0.125. The predicted molar refractivity (Wildman–Crippen MR) is 86.7 cm³/mol. The van der Waals surface area contributed by atoms with Crippen molar-refractivity contribution in [2.24, 2.45) is 5.92 Å². The fourth-order valence-electron chi connectivity index (χ4n) is 2.02. The van der Waals surface area contributed by atoms with Crippen LogP contribution >= 0.6 is 0 Å². The molecule has 0 atom stereocenters. The highest BCUT2D eigenvalue weighted by atomic mass is 16.1. The van der Waals surface area contributed by atoms with Crippen molar-refractivity contribution in [3.8, 4) is 0 Å². The zero-order chi connectivity index (χ0) is 15.8. The molecule has 0 unspecified atom stereocenters. The molecule has 1 rings (SSSR count). The number of amides is 1. The summed E-state index contributed by atoms with van der Waals surface area (Å²) in [6, 6.07) is 1.93. The van der Waals surface area contributed by atoms with Gasteiger partial charge in [-0.15, -0.1) is 0 Å². The van der Waals surface area contributed by atoms with E-state index in [9.17, 15) is 4.79 Å². The van der Waals surface area contributed by atoms with Crippen molar-refractivity contribution in [1.82, 2.24) is 15.3 Å². The van der Waals surface area contributed by atoms with Gasteiger partial charge in [0, 0.05) is 44.9 Å². The Kier molecular flexibility index (Phi) is 6.91. The Labute approximate surface area is 127 Å². The number of aromatic nitrogens is 2. The van der Waals surface area contributed by atoms with Gasteiger partial charge in [-0.3, -0.25) is 4.79 Å². The second kappa shape index (κ2) is 8.44. The molecule has 0 bridgehead atoms. The smallest absolute Gasteiger partial charge is 0.224 e. The van der Waals surface area contributed by atoms with Gasteiger partial charge in [-0.1, -0.05) is 13.8 Å². The quantitative estimate of drug-likeness (QED) is 0.715. The van der Waals surface area contributed by atoms with Gasteiger partial charge in [-0.05, 0) is 19.8 Å². The van der Waals surface area contributed by atoms with E-state index in [1.165, 1.54) is 0 Å². The number of anilines is 2. The molecule has 21 heavy (non-hydrogen) atoms. The van der Waals surface area contributed by atoms with Crippen molar-refractivity contribution in [3.05, 3.63) is 11.8 Å². The van der Waals surface area contributed by atoms with Crippen molar-refractivity contribution >= 4 is 17.7 Å². The summed E-state index contributed by atoms with van der Waals surface area (Å²) in [5.41, 5.74) is 0.914. The molecule has 6 nitrogen and oxygen atoms in total. The van der Waals surface area contributed by atoms with E-state index >= 15 is 0 Å². The lowest BCUT2D eigenvalue weighted by atomic mass is 10.0. The van der Waals surface area contributed by atoms with Gasteiger partial charge >= 0.3 is 0 Å². The molecule has 0 aliphatic rings. The van der Waals surface area contributed by atoms with E-state index in [1.807, 2.05) is 45.8 Å². The number of nitrogens with one attached hydrogen (secondary N) is 2. The van der Waals surface area contributed by atoms with Crippen molar-refractivity contribution in [2.45, 2.75) is 33.6 Å². The van der Waals surface area contributed by atoms with E-state index in [0.29, 0.717) is 19.0 Å². The second-order valence-corrected chi connectivity index (χ2v) is 5.32. The maximum absolute atomic E-state index is 11.8. The third kappa shape index (κ3) is 5.57. The lowest BCUT2D eigenvalue weighted by Crippen LogP contribution is -2.33. The molecule has 1 aromatic heterocycles. The van der Waals surface area contributed by atoms with Crippen LogP contribution in [0.1, 0.15) is 32.4 Å². The van der Waals surface area contributed by atoms with E-state index in [4.69, 9.17) is 0 Å². The Balaban J connectivity index is 2.44. The normalized spacial score (nSPS) is 10.6. The molecule has 2 N–H and O–H groups in total. The Morgan fingerprint density at radius 3 is 2.48 bits per heavy atom. The molecule has 118 valence electrons. The molecule has 0 aliphatic carbocycles. The number of carbonyl (C=O) groups excluding carboxylic acids is 1. The van der Waals surface area contributed by atoms with Crippen LogP contribution in [0.25, 0.3) is 0 Å². The first kappa shape index (κ1) is 17.2. The van der Waals surface area contributed by atoms with Gasteiger partial charge in [0.2, 0.25) is 11.9 Å². The van der Waals surface area contributed by atoms with Crippen LogP contribution in [0.4, 0.5) is 11.8 Å². The van der Waals surface area contributed by atoms with Crippen molar-refractivity contribution in [3.63, 3.8) is 0 Å². The second-order valence-electron chi connectivity index (χ2n) is 5.32. The van der Waals surface area contributed by atoms with E-state index in [1.54, 1.807) is 0 Å². The number of nitrogens with zero attached hydrogens (tertiary/aromatic N) is 3. The van der Waals surface area contributed by atoms with Crippen LogP contribution in [0.3, 0.4) is 0 Å². The number of carbonyl (C=O) groups is 1. The van der Waals surface area contributed by atoms with Crippen LogP contribution in [0.15, 0.2) is 6.07 Å². The highest BCUT2D eigenvalue weighted by Gasteiger charge is 2.12. The molecule has 0 saturated heterocycles. The monoisotopic (exact) mass is 293 g/mol. The minimum absolute atomic E-state index is 0.112. The van der Waals surface area contributed by atoms with E-state index in [0.717, 1.165) is 24.4 Å². The van der Waals surface area contributed by atoms with Gasteiger partial charge in [-0.2, -0.15) is 4.98 Å². The van der Waals surface area contributed by atoms with Crippen LogP contribution in [0, 0.1) is 12.8 Å². The topological polar surface area (TPSA) is 70.2 Å². The van der Waals surface area contributed by atoms with Crippen LogP contribution in [-0.4, -0.2) is 43.1 Å². The summed E-state index contributed by atoms with van der Waals surface area (Å²) >= 11 is 0. The maximum atomic E-state index is 11.8. The van der Waals surface area contributed by atoms with Gasteiger partial charge in [0.25, 0.3) is 0 Å². The minimum Gasteiger partial charge on any atom is -0.363 e. The maximum Gasteiger partial charge on any atom is 0.224 e. The summed E-state index contributed by atoms with van der Waals surface area (Å²) in [5, 5.41) is 6.09. The van der Waals surface area contributed by atoms with Gasteiger partial charge in [0.15, 0.2) is 0 Å². The first-order valence-corrected chi connectivity index (χ1v) is 7.52. The summed E-state index contributed by atoms with van der Waals surface area (Å²) in [6.07, 6.45) is 1.76. The SMILES string of the molecule is CCC(CC)C(=O)NCCNc1nc(C)cc(N(C)C)n1. The highest BCUT2D eigenvalue weighted by molar-refractivity contribution is 5.78. The minimum atomic E-state index is 0.112. The van der Waals surface area contributed by atoms with E-state index < -0.39 is 0 Å². The van der Waals surface area contributed by atoms with E-state index in [-0.39, 0.29) is 11.8 Å². The molecule has 0 saturated carbocycles. The Bertz CT molecular complexity index is 457. The summed E-state index contributed by atoms with van der Waals surface area (Å²) in [7, 11) is 3.89. The Morgan fingerprint density at radius 2 is 1.90 bits per heavy atom. The lowest BCUT2D eigenvalue weighted by Gasteiger charge is -2.15. The number of aryl methyl sites for hydroxylation is 1. The largest absolute Gasteiger partial charge is 0.363 e. The number of hydrogen-bond acceptors (Lipinski definition) is 5. The predicted octanol–water partition coefficient (Wildman–Crippen LogP) is 1.82. The average Bonchev–Trinajstić information content (AvgIpc) is 2.44. The van der Waals surface area contributed by atoms with Gasteiger partial charge in [-0.25, -0.2) is 4.98 Å². The Hall–Kier alpha value is -1.85. The summed E-state index contributed by atoms with van der Waals surface area (Å²) in [5.74, 6) is 1.70. The van der Waals surface area contributed by atoms with Gasteiger partial charge < -0.3 is 15.5 Å². The molecular formula is C15H27N5O. The molecule has 0 fully saturated rings. The van der Waals surface area contributed by atoms with Crippen molar-refractivity contribution in [2.75, 3.05) is 37.4 Å². The molecule has 1 heterocycles. The van der Waals surface area contributed by atoms with Crippen LogP contribution in [0.5, 0.6) is 0 Å². The molecule has 6 heteroatoms. The third-order valence-electron chi connectivity index (χ3n) is 3.36. The highest BCUT2D eigenvalue weighted by Crippen LogP contribution is 2.11. The fraction of sp³-hybridized carbons (Fsp3) is 0.667. The van der Waals surface area contributed by atoms with Gasteiger partial charge in [0.05, 0.1) is 0 Å². The fourth-order valence-corrected chi connectivity index (χ4v) is 2.02. The molecule has 0 aliphatic heterocycles. The van der Waals surface area contributed by atoms with Crippen LogP contribution < -0.4 is 15.5 Å². The van der Waals surface area contributed by atoms with E-state index in [2.05, 4.69) is 20.6 Å². The number of rotatable bonds is 8. The molecular weight excluding hydrogens is 266 g/mol. The van der Waals surface area contributed by atoms with Crippen molar-refractivity contribution in [1.29, 1.82) is 0 Å². The van der Waals surface area contributed by atoms with Crippen molar-refractivity contribution < 1.29 is 4.79 Å². The molecule has 1 amide bonds. The molecule has 0 aromatic carbocycles. The van der Waals surface area contributed by atoms with Gasteiger partial charge in [0.1, 0.15) is 5.82 Å². The van der Waals surface area contributed by atoms with Crippen LogP contribution in [-0.2, 0) is 4.79 Å². The summed E-state index contributed by atoms with van der Waals surface area (Å²) in [4.78, 5) is 22.5. The third-order valence-corrected chi connectivity index (χ3v) is 3.36. The zero-order valence-corrected chi connectivity index (χ0v) is 13.7. The first-order chi connectivity index (χ1) is 9.97.